The van der Waals surface area contributed by atoms with Gasteiger partial charge in [0.15, 0.2) is 0 Å². The van der Waals surface area contributed by atoms with Gasteiger partial charge in [-0.2, -0.15) is 0 Å². The third kappa shape index (κ3) is 3.12. The third-order valence-electron chi connectivity index (χ3n) is 2.37. The zero-order valence-corrected chi connectivity index (χ0v) is 9.77. The number of aryl methyl sites for hydroxylation is 1. The minimum Gasteiger partial charge on any atom is -0.0782 e. The van der Waals surface area contributed by atoms with E-state index in [0.717, 1.165) is 0 Å². The Morgan fingerprint density at radius 1 is 1.23 bits per heavy atom. The highest BCUT2D eigenvalue weighted by Gasteiger charge is 2.05. The van der Waals surface area contributed by atoms with Crippen molar-refractivity contribution < 1.29 is 0 Å². The summed E-state index contributed by atoms with van der Waals surface area (Å²) in [5.41, 5.74) is 1.47. The zero-order chi connectivity index (χ0) is 9.68. The van der Waals surface area contributed by atoms with Crippen LogP contribution in [-0.4, -0.2) is 12.8 Å². The minimum absolute atomic E-state index is 0.0976. The molecule has 0 radical (unpaired) electrons. The van der Waals surface area contributed by atoms with Crippen LogP contribution in [0.25, 0.3) is 0 Å². The third-order valence-corrected chi connectivity index (χ3v) is 4.69. The average Bonchev–Trinajstić information content (AvgIpc) is 2.15. The van der Waals surface area contributed by atoms with Gasteiger partial charge in [-0.05, 0) is 37.0 Å². The first-order chi connectivity index (χ1) is 6.25. The summed E-state index contributed by atoms with van der Waals surface area (Å²) in [6.45, 7) is 6.88. The fraction of sp³-hybridized carbons (Fsp3) is 0.500. The lowest BCUT2D eigenvalue weighted by molar-refractivity contribution is 0.893. The topological polar surface area (TPSA) is 0 Å². The Morgan fingerprint density at radius 2 is 1.92 bits per heavy atom. The molecule has 0 spiro atoms. The summed E-state index contributed by atoms with van der Waals surface area (Å²) in [6.07, 6.45) is 4.08. The van der Waals surface area contributed by atoms with Crippen molar-refractivity contribution in [3.8, 4) is 0 Å². The number of rotatable bonds is 4. The van der Waals surface area contributed by atoms with Crippen molar-refractivity contribution in [2.24, 2.45) is 0 Å². The fourth-order valence-corrected chi connectivity index (χ4v) is 3.56. The number of unbranched alkanes of at least 4 members (excludes halogenated alkanes) is 1. The van der Waals surface area contributed by atoms with Gasteiger partial charge in [0.25, 0.3) is 0 Å². The molecule has 1 aromatic carbocycles. The van der Waals surface area contributed by atoms with Gasteiger partial charge >= 0.3 is 0 Å². The van der Waals surface area contributed by atoms with Gasteiger partial charge in [-0.25, -0.2) is 0 Å². The van der Waals surface area contributed by atoms with Gasteiger partial charge in [0.2, 0.25) is 0 Å². The molecule has 1 unspecified atom stereocenters. The second-order valence-corrected chi connectivity index (χ2v) is 5.89. The van der Waals surface area contributed by atoms with Crippen molar-refractivity contribution in [1.29, 1.82) is 0 Å². The Labute approximate surface area is 83.1 Å². The maximum absolute atomic E-state index is 2.40. The van der Waals surface area contributed by atoms with Gasteiger partial charge in [-0.1, -0.05) is 45.5 Å². The van der Waals surface area contributed by atoms with Crippen LogP contribution in [0.1, 0.15) is 25.3 Å². The van der Waals surface area contributed by atoms with E-state index < -0.39 is 0 Å². The molecule has 1 aromatic rings. The molecule has 13 heavy (non-hydrogen) atoms. The average molecular weight is 194 g/mol. The van der Waals surface area contributed by atoms with Gasteiger partial charge in [0.05, 0.1) is 0 Å². The Kier molecular flexibility index (Phi) is 4.45. The van der Waals surface area contributed by atoms with Crippen molar-refractivity contribution in [2.75, 3.05) is 12.8 Å². The van der Waals surface area contributed by atoms with Crippen LogP contribution in [-0.2, 0) is 0 Å². The molecular weight excluding hydrogens is 175 g/mol. The maximum Gasteiger partial charge on any atom is -0.0214 e. The summed E-state index contributed by atoms with van der Waals surface area (Å²) in [5, 5.41) is 1.59. The molecule has 0 saturated carbocycles. The molecule has 1 heteroatoms. The molecule has 1 rings (SSSR count). The van der Waals surface area contributed by atoms with Crippen LogP contribution in [0.5, 0.6) is 0 Å². The summed E-state index contributed by atoms with van der Waals surface area (Å²) in [6, 6.07) is 8.80. The van der Waals surface area contributed by atoms with E-state index in [-0.39, 0.29) is 7.92 Å². The normalized spacial score (nSPS) is 12.8. The van der Waals surface area contributed by atoms with Crippen LogP contribution in [0.15, 0.2) is 24.3 Å². The van der Waals surface area contributed by atoms with Crippen molar-refractivity contribution in [1.82, 2.24) is 0 Å². The molecule has 0 N–H and O–H groups in total. The van der Waals surface area contributed by atoms with Crippen LogP contribution >= 0.6 is 7.92 Å². The molecule has 0 aromatic heterocycles. The molecule has 0 bridgehead atoms. The van der Waals surface area contributed by atoms with E-state index >= 15 is 0 Å². The van der Waals surface area contributed by atoms with E-state index in [1.54, 1.807) is 5.30 Å². The van der Waals surface area contributed by atoms with Gasteiger partial charge < -0.3 is 0 Å². The molecule has 1 atom stereocenters. The van der Waals surface area contributed by atoms with Crippen molar-refractivity contribution in [3.05, 3.63) is 29.8 Å². The molecule has 0 saturated heterocycles. The Balaban J connectivity index is 2.65. The first-order valence-electron chi connectivity index (χ1n) is 5.02. The lowest BCUT2D eigenvalue weighted by atomic mass is 10.2. The summed E-state index contributed by atoms with van der Waals surface area (Å²) < 4.78 is 0. The number of benzene rings is 1. The quantitative estimate of drug-likeness (QED) is 0.643. The molecule has 0 fully saturated rings. The van der Waals surface area contributed by atoms with Crippen molar-refractivity contribution in [2.45, 2.75) is 26.7 Å². The van der Waals surface area contributed by atoms with Crippen LogP contribution in [0.4, 0.5) is 0 Å². The Morgan fingerprint density at radius 3 is 2.54 bits per heavy atom. The van der Waals surface area contributed by atoms with E-state index in [9.17, 15) is 0 Å². The van der Waals surface area contributed by atoms with Crippen molar-refractivity contribution in [3.63, 3.8) is 0 Å². The monoisotopic (exact) mass is 194 g/mol. The Bertz CT molecular complexity index is 255. The second-order valence-electron chi connectivity index (χ2n) is 3.56. The SMILES string of the molecule is CCCCP(C)c1ccccc1C. The van der Waals surface area contributed by atoms with Crippen molar-refractivity contribution >= 4 is 13.2 Å². The highest BCUT2D eigenvalue weighted by molar-refractivity contribution is 7.64. The van der Waals surface area contributed by atoms with Crippen LogP contribution in [0, 0.1) is 6.92 Å². The fourth-order valence-electron chi connectivity index (χ4n) is 1.51. The smallest absolute Gasteiger partial charge is 0.0214 e. The van der Waals surface area contributed by atoms with Crippen LogP contribution in [0.2, 0.25) is 0 Å². The van der Waals surface area contributed by atoms with E-state index in [0.29, 0.717) is 0 Å². The van der Waals surface area contributed by atoms with Gasteiger partial charge in [-0.3, -0.25) is 0 Å². The molecular formula is C12H19P. The molecule has 0 amide bonds. The minimum atomic E-state index is 0.0976. The first-order valence-corrected chi connectivity index (χ1v) is 7.00. The lowest BCUT2D eigenvalue weighted by Gasteiger charge is -2.14. The predicted octanol–water partition coefficient (Wildman–Crippen LogP) is 3.53. The lowest BCUT2D eigenvalue weighted by Crippen LogP contribution is -2.06. The molecule has 0 nitrogen and oxygen atoms in total. The molecule has 0 aliphatic heterocycles. The van der Waals surface area contributed by atoms with E-state index in [4.69, 9.17) is 0 Å². The number of hydrogen-bond donors (Lipinski definition) is 0. The summed E-state index contributed by atoms with van der Waals surface area (Å²) >= 11 is 0. The largest absolute Gasteiger partial charge is 0.0782 e. The molecule has 72 valence electrons. The van der Waals surface area contributed by atoms with Gasteiger partial charge in [-0.15, -0.1) is 0 Å². The summed E-state index contributed by atoms with van der Waals surface area (Å²) in [5.74, 6) is 0. The van der Waals surface area contributed by atoms with E-state index in [1.165, 1.54) is 24.6 Å². The predicted molar refractivity (Wildman–Crippen MR) is 63.4 cm³/mol. The standard InChI is InChI=1S/C12H19P/c1-4-5-10-13(3)12-9-7-6-8-11(12)2/h6-9H,4-5,10H2,1-3H3. The van der Waals surface area contributed by atoms with E-state index in [2.05, 4.69) is 44.8 Å². The maximum atomic E-state index is 2.40. The van der Waals surface area contributed by atoms with E-state index in [1.807, 2.05) is 0 Å². The second kappa shape index (κ2) is 5.40. The summed E-state index contributed by atoms with van der Waals surface area (Å²) in [4.78, 5) is 0. The number of hydrogen-bond acceptors (Lipinski definition) is 0. The van der Waals surface area contributed by atoms with Crippen LogP contribution in [0.3, 0.4) is 0 Å². The molecule has 0 aliphatic carbocycles. The first kappa shape index (κ1) is 10.7. The van der Waals surface area contributed by atoms with Crippen LogP contribution < -0.4 is 5.30 Å². The highest BCUT2D eigenvalue weighted by atomic mass is 31.1. The van der Waals surface area contributed by atoms with Gasteiger partial charge in [0.1, 0.15) is 0 Å². The van der Waals surface area contributed by atoms with Gasteiger partial charge in [0, 0.05) is 0 Å². The Hall–Kier alpha value is -0.350. The molecule has 0 heterocycles. The molecule has 0 aliphatic rings. The highest BCUT2D eigenvalue weighted by Crippen LogP contribution is 2.31. The summed E-state index contributed by atoms with van der Waals surface area (Å²) in [7, 11) is 0.0976. The zero-order valence-electron chi connectivity index (χ0n) is 8.88.